The number of rotatable bonds is 14. The molecule has 0 bridgehead atoms. The molecule has 0 aliphatic heterocycles. The summed E-state index contributed by atoms with van der Waals surface area (Å²) < 4.78 is 15.8. The first-order chi connectivity index (χ1) is 15.9. The van der Waals surface area contributed by atoms with Crippen LogP contribution in [0.2, 0.25) is 0 Å². The van der Waals surface area contributed by atoms with E-state index in [9.17, 15) is 14.9 Å². The van der Waals surface area contributed by atoms with E-state index in [-0.39, 0.29) is 6.61 Å². The molecule has 2 aromatic carbocycles. The molecule has 0 spiro atoms. The van der Waals surface area contributed by atoms with Crippen LogP contribution in [0.1, 0.15) is 57.1 Å². The van der Waals surface area contributed by atoms with Crippen molar-refractivity contribution in [3.63, 3.8) is 0 Å². The fraction of sp³-hybridized carbons (Fsp3) is 0.423. The molecule has 178 valence electrons. The van der Waals surface area contributed by atoms with E-state index in [0.717, 1.165) is 29.7 Å². The molecule has 33 heavy (non-hydrogen) atoms. The Hall–Kier alpha value is -3.35. The van der Waals surface area contributed by atoms with E-state index in [1.165, 1.54) is 32.3 Å². The minimum Gasteiger partial charge on any atom is -0.494 e. The maximum atomic E-state index is 11.9. The first kappa shape index (κ1) is 25.9. The molecule has 7 heteroatoms. The predicted octanol–water partition coefficient (Wildman–Crippen LogP) is 6.44. The number of nitro groups is 1. The molecule has 0 saturated carbocycles. The second-order valence-corrected chi connectivity index (χ2v) is 8.09. The van der Waals surface area contributed by atoms with Crippen molar-refractivity contribution >= 4 is 12.2 Å². The zero-order chi connectivity index (χ0) is 23.9. The highest BCUT2D eigenvalue weighted by Gasteiger charge is 2.36. The largest absolute Gasteiger partial charge is 0.508 e. The second kappa shape index (κ2) is 13.9. The van der Waals surface area contributed by atoms with Gasteiger partial charge in [0.2, 0.25) is 0 Å². The van der Waals surface area contributed by atoms with Crippen molar-refractivity contribution in [3.05, 3.63) is 81.9 Å². The molecule has 0 N–H and O–H groups in total. The van der Waals surface area contributed by atoms with E-state index >= 15 is 0 Å². The Morgan fingerprint density at radius 1 is 1.00 bits per heavy atom. The first-order valence-corrected chi connectivity index (χ1v) is 11.3. The highest BCUT2D eigenvalue weighted by molar-refractivity contribution is 5.60. The molecule has 2 aromatic rings. The summed E-state index contributed by atoms with van der Waals surface area (Å²) >= 11 is 0. The predicted molar refractivity (Wildman–Crippen MR) is 128 cm³/mol. The van der Waals surface area contributed by atoms with Gasteiger partial charge >= 0.3 is 6.16 Å². The molecular weight excluding hydrogens is 422 g/mol. The molecule has 0 saturated heterocycles. The number of ether oxygens (including phenoxy) is 3. The average molecular weight is 456 g/mol. The van der Waals surface area contributed by atoms with Crippen LogP contribution in [0, 0.1) is 10.1 Å². The molecule has 2 rings (SSSR count). The third-order valence-electron chi connectivity index (χ3n) is 5.13. The number of carbonyl (C=O) groups is 1. The van der Waals surface area contributed by atoms with Crippen molar-refractivity contribution in [2.75, 3.05) is 13.2 Å². The van der Waals surface area contributed by atoms with Gasteiger partial charge in [-0.05, 0) is 35.8 Å². The molecule has 0 aliphatic carbocycles. The number of benzene rings is 2. The Labute approximate surface area is 195 Å². The Kier molecular flexibility index (Phi) is 10.9. The summed E-state index contributed by atoms with van der Waals surface area (Å²) in [5, 5.41) is 11.6. The lowest BCUT2D eigenvalue weighted by atomic mass is 10.0. The first-order valence-electron chi connectivity index (χ1n) is 11.3. The topological polar surface area (TPSA) is 87.9 Å². The third kappa shape index (κ3) is 9.76. The summed E-state index contributed by atoms with van der Waals surface area (Å²) in [5.41, 5.74) is -0.000264. The second-order valence-electron chi connectivity index (χ2n) is 8.09. The Bertz CT molecular complexity index is 881. The summed E-state index contributed by atoms with van der Waals surface area (Å²) in [6.45, 7) is 3.86. The Morgan fingerprint density at radius 3 is 2.36 bits per heavy atom. The fourth-order valence-electron chi connectivity index (χ4n) is 2.97. The lowest BCUT2D eigenvalue weighted by Gasteiger charge is -2.17. The molecule has 0 heterocycles. The fourth-order valence-corrected chi connectivity index (χ4v) is 2.97. The van der Waals surface area contributed by atoms with Gasteiger partial charge in [-0.2, -0.15) is 0 Å². The Morgan fingerprint density at radius 2 is 1.70 bits per heavy atom. The molecular formula is C26H33NO6. The van der Waals surface area contributed by atoms with Crippen LogP contribution in [-0.2, 0) is 16.1 Å². The van der Waals surface area contributed by atoms with Crippen LogP contribution in [0.4, 0.5) is 4.79 Å². The van der Waals surface area contributed by atoms with Gasteiger partial charge in [-0.15, -0.1) is 0 Å². The van der Waals surface area contributed by atoms with Crippen molar-refractivity contribution in [3.8, 4) is 5.75 Å². The van der Waals surface area contributed by atoms with Crippen LogP contribution in [0.3, 0.4) is 0 Å². The highest BCUT2D eigenvalue weighted by Crippen LogP contribution is 2.18. The van der Waals surface area contributed by atoms with Gasteiger partial charge < -0.3 is 14.2 Å². The molecule has 0 radical (unpaired) electrons. The molecule has 7 nitrogen and oxygen atoms in total. The van der Waals surface area contributed by atoms with Crippen molar-refractivity contribution in [2.45, 2.75) is 58.1 Å². The van der Waals surface area contributed by atoms with Crippen molar-refractivity contribution in [1.29, 1.82) is 0 Å². The van der Waals surface area contributed by atoms with Crippen LogP contribution in [-0.4, -0.2) is 29.8 Å². The van der Waals surface area contributed by atoms with Gasteiger partial charge in [0, 0.05) is 11.8 Å². The molecule has 0 amide bonds. The molecule has 0 unspecified atom stereocenters. The highest BCUT2D eigenvalue weighted by atomic mass is 16.7. The van der Waals surface area contributed by atoms with Gasteiger partial charge in [-0.1, -0.05) is 81.1 Å². The summed E-state index contributed by atoms with van der Waals surface area (Å²) in [5.74, 6) is 0.768. The van der Waals surface area contributed by atoms with Gasteiger partial charge in [0.1, 0.15) is 12.4 Å². The Balaban J connectivity index is 1.82. The minimum absolute atomic E-state index is 0.0395. The van der Waals surface area contributed by atoms with Gasteiger partial charge in [0.15, 0.2) is 6.61 Å². The SMILES string of the molecule is CCCCCCCOc1ccc(/C=C/[C@](C)(COC(=O)OCc2ccccc2)[N+](=O)[O-])cc1. The van der Waals surface area contributed by atoms with E-state index in [1.807, 2.05) is 42.5 Å². The number of nitrogens with zero attached hydrogens (tertiary/aromatic N) is 1. The van der Waals surface area contributed by atoms with Crippen LogP contribution in [0.5, 0.6) is 5.75 Å². The monoisotopic (exact) mass is 455 g/mol. The van der Waals surface area contributed by atoms with Crippen LogP contribution < -0.4 is 4.74 Å². The molecule has 0 aromatic heterocycles. The maximum Gasteiger partial charge on any atom is 0.508 e. The summed E-state index contributed by atoms with van der Waals surface area (Å²) in [6, 6.07) is 16.5. The lowest BCUT2D eigenvalue weighted by Crippen LogP contribution is -2.38. The number of hydrogen-bond acceptors (Lipinski definition) is 6. The third-order valence-corrected chi connectivity index (χ3v) is 5.13. The normalized spacial score (nSPS) is 12.8. The van der Waals surface area contributed by atoms with Gasteiger partial charge in [-0.25, -0.2) is 4.79 Å². The molecule has 1 atom stereocenters. The number of carbonyl (C=O) groups excluding carboxylic acids is 1. The zero-order valence-electron chi connectivity index (χ0n) is 19.4. The van der Waals surface area contributed by atoms with E-state index < -0.39 is 23.2 Å². The van der Waals surface area contributed by atoms with Gasteiger partial charge in [0.05, 0.1) is 6.61 Å². The van der Waals surface area contributed by atoms with Crippen molar-refractivity contribution in [1.82, 2.24) is 0 Å². The van der Waals surface area contributed by atoms with E-state index in [0.29, 0.717) is 6.61 Å². The van der Waals surface area contributed by atoms with Gasteiger partial charge in [-0.3, -0.25) is 10.1 Å². The van der Waals surface area contributed by atoms with Crippen molar-refractivity contribution < 1.29 is 23.9 Å². The lowest BCUT2D eigenvalue weighted by molar-refractivity contribution is -0.553. The summed E-state index contributed by atoms with van der Waals surface area (Å²) in [6.07, 6.45) is 7.99. The van der Waals surface area contributed by atoms with E-state index in [2.05, 4.69) is 6.92 Å². The van der Waals surface area contributed by atoms with Crippen molar-refractivity contribution in [2.24, 2.45) is 0 Å². The smallest absolute Gasteiger partial charge is 0.494 e. The average Bonchev–Trinajstić information content (AvgIpc) is 2.83. The summed E-state index contributed by atoms with van der Waals surface area (Å²) in [7, 11) is 0. The van der Waals surface area contributed by atoms with Crippen LogP contribution in [0.15, 0.2) is 60.7 Å². The molecule has 0 aliphatic rings. The number of hydrogen-bond donors (Lipinski definition) is 0. The van der Waals surface area contributed by atoms with E-state index in [4.69, 9.17) is 14.2 Å². The van der Waals surface area contributed by atoms with Crippen LogP contribution >= 0.6 is 0 Å². The summed E-state index contributed by atoms with van der Waals surface area (Å²) in [4.78, 5) is 23.0. The van der Waals surface area contributed by atoms with Crippen LogP contribution in [0.25, 0.3) is 6.08 Å². The zero-order valence-corrected chi connectivity index (χ0v) is 19.4. The van der Waals surface area contributed by atoms with E-state index in [1.54, 1.807) is 18.2 Å². The minimum atomic E-state index is -1.58. The quantitative estimate of drug-likeness (QED) is 0.141. The molecule has 0 fully saturated rings. The standard InChI is InChI=1S/C26H33NO6/c1-3-4-5-6-10-19-31-24-15-13-22(14-16-24)17-18-26(2,27(29)30)21-33-25(28)32-20-23-11-8-7-9-12-23/h7-9,11-18H,3-6,10,19-21H2,1-2H3/b18-17+/t26-/m1/s1. The maximum absolute atomic E-state index is 11.9. The van der Waals surface area contributed by atoms with Gasteiger partial charge in [0.25, 0.3) is 5.54 Å². The number of unbranched alkanes of at least 4 members (excludes halogenated alkanes) is 4.